The molecular formula is C6H16ClN2P. The van der Waals surface area contributed by atoms with Crippen molar-refractivity contribution in [1.82, 2.24) is 9.57 Å². The number of nitrogens with zero attached hydrogens (tertiary/aromatic N) is 2. The molecule has 0 rings (SSSR count). The van der Waals surface area contributed by atoms with E-state index in [9.17, 15) is 0 Å². The van der Waals surface area contributed by atoms with Gasteiger partial charge in [0.25, 0.3) is 0 Å². The largest absolute Gasteiger partial charge is 0.308 e. The Balaban J connectivity index is 3.30. The molecular weight excluding hydrogens is 167 g/mol. The van der Waals surface area contributed by atoms with Gasteiger partial charge in [0.05, 0.1) is 7.43 Å². The van der Waals surface area contributed by atoms with Crippen molar-refractivity contribution < 1.29 is 0 Å². The average Bonchev–Trinajstić information content (AvgIpc) is 1.82. The Bertz CT molecular complexity index is 87.8. The van der Waals surface area contributed by atoms with Gasteiger partial charge in [0, 0.05) is 13.1 Å². The second-order valence-corrected chi connectivity index (χ2v) is 5.67. The van der Waals surface area contributed by atoms with Crippen LogP contribution in [0.2, 0.25) is 0 Å². The molecule has 0 spiro atoms. The molecule has 0 aliphatic carbocycles. The van der Waals surface area contributed by atoms with Crippen molar-refractivity contribution in [3.05, 3.63) is 0 Å². The molecule has 2 nitrogen and oxygen atoms in total. The number of halogens is 1. The van der Waals surface area contributed by atoms with E-state index in [1.165, 1.54) is 0 Å². The molecule has 0 radical (unpaired) electrons. The van der Waals surface area contributed by atoms with Crippen LogP contribution in [0.1, 0.15) is 0 Å². The lowest BCUT2D eigenvalue weighted by Gasteiger charge is -2.20. The molecule has 0 aliphatic rings. The molecule has 0 heterocycles. The van der Waals surface area contributed by atoms with Gasteiger partial charge in [-0.3, -0.25) is 4.67 Å². The molecule has 4 heteroatoms. The fourth-order valence-corrected chi connectivity index (χ4v) is 1.07. The second kappa shape index (κ2) is 5.31. The zero-order chi connectivity index (χ0) is 8.15. The Morgan fingerprint density at radius 2 is 1.70 bits per heavy atom. The first-order chi connectivity index (χ1) is 4.54. The third-order valence-electron chi connectivity index (χ3n) is 1.34. The molecule has 0 N–H and O–H groups in total. The van der Waals surface area contributed by atoms with Crippen LogP contribution in [0, 0.1) is 0 Å². The highest BCUT2D eigenvalue weighted by atomic mass is 35.7. The first-order valence-electron chi connectivity index (χ1n) is 3.29. The Morgan fingerprint density at radius 1 is 1.20 bits per heavy atom. The van der Waals surface area contributed by atoms with E-state index in [0.717, 1.165) is 13.1 Å². The van der Waals surface area contributed by atoms with Gasteiger partial charge >= 0.3 is 0 Å². The third kappa shape index (κ3) is 5.43. The van der Waals surface area contributed by atoms with E-state index in [-0.39, 0.29) is 0 Å². The molecule has 1 atom stereocenters. The SMILES string of the molecule is CN(C)CCN(C)P(C)Cl. The Morgan fingerprint density at radius 3 is 2.00 bits per heavy atom. The van der Waals surface area contributed by atoms with Crippen molar-refractivity contribution in [2.75, 3.05) is 40.9 Å². The fraction of sp³-hybridized carbons (Fsp3) is 1.00. The Kier molecular flexibility index (Phi) is 5.65. The topological polar surface area (TPSA) is 6.48 Å². The van der Waals surface area contributed by atoms with E-state index >= 15 is 0 Å². The van der Waals surface area contributed by atoms with Crippen LogP contribution in [-0.4, -0.2) is 50.5 Å². The van der Waals surface area contributed by atoms with Gasteiger partial charge in [-0.25, -0.2) is 0 Å². The quantitative estimate of drug-likeness (QED) is 0.611. The number of hydrogen-bond donors (Lipinski definition) is 0. The smallest absolute Gasteiger partial charge is 0.0591 e. The normalized spacial score (nSPS) is 14.7. The average molecular weight is 183 g/mol. The van der Waals surface area contributed by atoms with Gasteiger partial charge in [0.15, 0.2) is 0 Å². The van der Waals surface area contributed by atoms with Crippen LogP contribution < -0.4 is 0 Å². The first kappa shape index (κ1) is 10.6. The monoisotopic (exact) mass is 182 g/mol. The van der Waals surface area contributed by atoms with Gasteiger partial charge in [-0.2, -0.15) is 0 Å². The van der Waals surface area contributed by atoms with Crippen molar-refractivity contribution in [1.29, 1.82) is 0 Å². The maximum absolute atomic E-state index is 5.88. The standard InChI is InChI=1S/C6H16ClN2P/c1-8(2)5-6-9(3)10(4)7/h5-6H2,1-4H3. The van der Waals surface area contributed by atoms with E-state index in [4.69, 9.17) is 11.2 Å². The molecule has 0 amide bonds. The molecule has 0 bridgehead atoms. The van der Waals surface area contributed by atoms with E-state index in [1.807, 2.05) is 6.66 Å². The van der Waals surface area contributed by atoms with Crippen LogP contribution in [0.5, 0.6) is 0 Å². The predicted octanol–water partition coefficient (Wildman–Crippen LogP) is 1.66. The number of likely N-dealkylation sites (N-methyl/N-ethyl adjacent to an activating group) is 2. The molecule has 0 aromatic rings. The molecule has 62 valence electrons. The molecule has 0 fully saturated rings. The summed E-state index contributed by atoms with van der Waals surface area (Å²) in [7, 11) is 5.78. The lowest BCUT2D eigenvalue weighted by atomic mass is 10.6. The van der Waals surface area contributed by atoms with Crippen LogP contribution >= 0.6 is 18.7 Å². The molecule has 0 aromatic heterocycles. The van der Waals surface area contributed by atoms with Crippen LogP contribution in [0.25, 0.3) is 0 Å². The summed E-state index contributed by atoms with van der Waals surface area (Å²) in [6.45, 7) is 4.18. The zero-order valence-corrected chi connectivity index (χ0v) is 8.78. The molecule has 0 aromatic carbocycles. The molecule has 1 unspecified atom stereocenters. The van der Waals surface area contributed by atoms with Crippen molar-refractivity contribution in [2.45, 2.75) is 0 Å². The summed E-state index contributed by atoms with van der Waals surface area (Å²) in [6.07, 6.45) is 0. The molecule has 0 aliphatic heterocycles. The van der Waals surface area contributed by atoms with Gasteiger partial charge in [-0.15, -0.1) is 0 Å². The van der Waals surface area contributed by atoms with Gasteiger partial charge < -0.3 is 4.90 Å². The minimum absolute atomic E-state index is 0.413. The summed E-state index contributed by atoms with van der Waals surface area (Å²) in [4.78, 5) is 2.16. The lowest BCUT2D eigenvalue weighted by molar-refractivity contribution is 0.370. The van der Waals surface area contributed by atoms with Gasteiger partial charge in [-0.1, -0.05) is 11.2 Å². The minimum atomic E-state index is -0.413. The zero-order valence-electron chi connectivity index (χ0n) is 7.13. The van der Waals surface area contributed by atoms with E-state index in [1.54, 1.807) is 0 Å². The highest BCUT2D eigenvalue weighted by Gasteiger charge is 2.03. The van der Waals surface area contributed by atoms with Crippen LogP contribution in [-0.2, 0) is 0 Å². The minimum Gasteiger partial charge on any atom is -0.308 e. The summed E-state index contributed by atoms with van der Waals surface area (Å²) in [6, 6.07) is 0. The van der Waals surface area contributed by atoms with Gasteiger partial charge in [-0.05, 0) is 27.8 Å². The van der Waals surface area contributed by atoms with Crippen molar-refractivity contribution in [2.24, 2.45) is 0 Å². The maximum Gasteiger partial charge on any atom is 0.0591 e. The van der Waals surface area contributed by atoms with Crippen molar-refractivity contribution in [3.63, 3.8) is 0 Å². The highest BCUT2D eigenvalue weighted by Crippen LogP contribution is 2.38. The summed E-state index contributed by atoms with van der Waals surface area (Å²) < 4.78 is 2.18. The molecule has 0 saturated carbocycles. The van der Waals surface area contributed by atoms with Crippen LogP contribution in [0.15, 0.2) is 0 Å². The van der Waals surface area contributed by atoms with E-state index < -0.39 is 7.43 Å². The van der Waals surface area contributed by atoms with Gasteiger partial charge in [0.2, 0.25) is 0 Å². The summed E-state index contributed by atoms with van der Waals surface area (Å²) in [5, 5.41) is 0. The fourth-order valence-electron chi connectivity index (χ4n) is 0.483. The summed E-state index contributed by atoms with van der Waals surface area (Å²) in [5.41, 5.74) is 0. The third-order valence-corrected chi connectivity index (χ3v) is 3.26. The Labute approximate surface area is 69.7 Å². The van der Waals surface area contributed by atoms with E-state index in [2.05, 4.69) is 30.7 Å². The van der Waals surface area contributed by atoms with Gasteiger partial charge in [0.1, 0.15) is 0 Å². The second-order valence-electron chi connectivity index (χ2n) is 2.63. The number of hydrogen-bond acceptors (Lipinski definition) is 2. The predicted molar refractivity (Wildman–Crippen MR) is 49.9 cm³/mol. The van der Waals surface area contributed by atoms with Crippen molar-refractivity contribution in [3.8, 4) is 0 Å². The number of rotatable bonds is 4. The van der Waals surface area contributed by atoms with Crippen LogP contribution in [0.4, 0.5) is 0 Å². The Hall–Kier alpha value is 0.640. The molecule has 0 saturated heterocycles. The molecule has 10 heavy (non-hydrogen) atoms. The summed E-state index contributed by atoms with van der Waals surface area (Å²) >= 11 is 5.88. The lowest BCUT2D eigenvalue weighted by Crippen LogP contribution is -2.24. The van der Waals surface area contributed by atoms with Crippen molar-refractivity contribution >= 4 is 18.7 Å². The maximum atomic E-state index is 5.88. The highest BCUT2D eigenvalue weighted by molar-refractivity contribution is 7.81. The van der Waals surface area contributed by atoms with Crippen LogP contribution in [0.3, 0.4) is 0 Å². The van der Waals surface area contributed by atoms with E-state index in [0.29, 0.717) is 0 Å². The summed E-state index contributed by atoms with van der Waals surface area (Å²) in [5.74, 6) is 0. The first-order valence-corrected chi connectivity index (χ1v) is 5.94.